The van der Waals surface area contributed by atoms with Crippen molar-refractivity contribution in [1.29, 1.82) is 0 Å². The minimum Gasteiger partial charge on any atom is -0.329 e. The van der Waals surface area contributed by atoms with Crippen molar-refractivity contribution in [2.75, 3.05) is 24.6 Å². The van der Waals surface area contributed by atoms with Gasteiger partial charge in [0.1, 0.15) is 0 Å². The van der Waals surface area contributed by atoms with Gasteiger partial charge in [0.2, 0.25) is 0 Å². The van der Waals surface area contributed by atoms with Crippen LogP contribution in [0.5, 0.6) is 0 Å². The summed E-state index contributed by atoms with van der Waals surface area (Å²) < 4.78 is 24.4. The molecule has 0 amide bonds. The first-order valence-corrected chi connectivity index (χ1v) is 6.36. The van der Waals surface area contributed by atoms with Crippen molar-refractivity contribution < 1.29 is 8.78 Å². The number of nitrogens with one attached hydrogen (secondary N) is 1. The van der Waals surface area contributed by atoms with Crippen LogP contribution < -0.4 is 11.1 Å². The molecule has 3 N–H and O–H groups in total. The Morgan fingerprint density at radius 3 is 2.53 bits per heavy atom. The van der Waals surface area contributed by atoms with Crippen LogP contribution in [-0.4, -0.2) is 36.6 Å². The zero-order chi connectivity index (χ0) is 11.5. The van der Waals surface area contributed by atoms with Gasteiger partial charge in [0.15, 0.2) is 0 Å². The fourth-order valence-electron chi connectivity index (χ4n) is 2.15. The number of hydrogen-bond acceptors (Lipinski definition) is 3. The van der Waals surface area contributed by atoms with Gasteiger partial charge >= 0.3 is 0 Å². The number of rotatable bonds is 4. The summed E-state index contributed by atoms with van der Waals surface area (Å²) in [6, 6.07) is 0. The Kier molecular flexibility index (Phi) is 4.38. The Bertz CT molecular complexity index is 212. The second-order valence-electron chi connectivity index (χ2n) is 5.09. The summed E-state index contributed by atoms with van der Waals surface area (Å²) in [7, 11) is 0. The first-order valence-electron chi connectivity index (χ1n) is 5.20. The molecule has 1 aliphatic rings. The second-order valence-corrected chi connectivity index (χ2v) is 6.08. The molecule has 0 saturated carbocycles. The van der Waals surface area contributed by atoms with Gasteiger partial charge in [0.25, 0.3) is 6.43 Å². The van der Waals surface area contributed by atoms with E-state index >= 15 is 0 Å². The van der Waals surface area contributed by atoms with Crippen LogP contribution in [0.1, 0.15) is 20.3 Å². The Hall–Kier alpha value is 0.130. The molecule has 1 atom stereocenters. The van der Waals surface area contributed by atoms with Gasteiger partial charge in [-0.1, -0.05) is 13.8 Å². The second kappa shape index (κ2) is 4.97. The molecule has 0 aromatic heterocycles. The van der Waals surface area contributed by atoms with E-state index in [9.17, 15) is 8.78 Å². The van der Waals surface area contributed by atoms with E-state index in [1.165, 1.54) is 0 Å². The standard InChI is InChI=1S/C10H20F2N2S/c1-9(2)4-10(5-13,7-15-6-9)14-3-8(11)12/h8,14H,3-7,13H2,1-2H3. The summed E-state index contributed by atoms with van der Waals surface area (Å²) >= 11 is 1.80. The zero-order valence-corrected chi connectivity index (χ0v) is 10.2. The third-order valence-corrected chi connectivity index (χ3v) is 4.45. The molecule has 0 aliphatic carbocycles. The summed E-state index contributed by atoms with van der Waals surface area (Å²) in [4.78, 5) is 0. The van der Waals surface area contributed by atoms with E-state index in [2.05, 4.69) is 19.2 Å². The maximum absolute atomic E-state index is 12.2. The molecule has 1 heterocycles. The molecule has 0 bridgehead atoms. The van der Waals surface area contributed by atoms with E-state index in [0.29, 0.717) is 6.54 Å². The molecule has 1 aliphatic heterocycles. The first kappa shape index (κ1) is 13.2. The van der Waals surface area contributed by atoms with Crippen LogP contribution in [0.25, 0.3) is 0 Å². The van der Waals surface area contributed by atoms with Gasteiger partial charge in [-0.3, -0.25) is 0 Å². The van der Waals surface area contributed by atoms with E-state index in [1.54, 1.807) is 11.8 Å². The van der Waals surface area contributed by atoms with E-state index in [0.717, 1.165) is 17.9 Å². The molecular formula is C10H20F2N2S. The van der Waals surface area contributed by atoms with Crippen LogP contribution in [0.3, 0.4) is 0 Å². The number of hydrogen-bond donors (Lipinski definition) is 2. The predicted octanol–water partition coefficient (Wildman–Crippen LogP) is 1.70. The van der Waals surface area contributed by atoms with Crippen LogP contribution in [0.15, 0.2) is 0 Å². The third kappa shape index (κ3) is 3.89. The average molecular weight is 238 g/mol. The SMILES string of the molecule is CC1(C)CSCC(CN)(NCC(F)F)C1. The van der Waals surface area contributed by atoms with Crippen molar-refractivity contribution in [2.45, 2.75) is 32.2 Å². The smallest absolute Gasteiger partial charge is 0.250 e. The van der Waals surface area contributed by atoms with Crippen molar-refractivity contribution in [3.8, 4) is 0 Å². The predicted molar refractivity (Wildman–Crippen MR) is 61.5 cm³/mol. The fourth-order valence-corrected chi connectivity index (χ4v) is 3.62. The maximum atomic E-state index is 12.2. The van der Waals surface area contributed by atoms with Gasteiger partial charge in [-0.25, -0.2) is 8.78 Å². The number of alkyl halides is 2. The normalized spacial score (nSPS) is 30.8. The van der Waals surface area contributed by atoms with Crippen molar-refractivity contribution in [1.82, 2.24) is 5.32 Å². The summed E-state index contributed by atoms with van der Waals surface area (Å²) in [5.41, 5.74) is 5.60. The van der Waals surface area contributed by atoms with Gasteiger partial charge < -0.3 is 11.1 Å². The van der Waals surface area contributed by atoms with Crippen molar-refractivity contribution >= 4 is 11.8 Å². The lowest BCUT2D eigenvalue weighted by Crippen LogP contribution is -2.59. The molecule has 1 fully saturated rings. The highest BCUT2D eigenvalue weighted by molar-refractivity contribution is 7.99. The summed E-state index contributed by atoms with van der Waals surface area (Å²) in [5.74, 6) is 1.91. The molecule has 2 nitrogen and oxygen atoms in total. The minimum absolute atomic E-state index is 0.178. The molecule has 1 unspecified atom stereocenters. The number of nitrogens with two attached hydrogens (primary N) is 1. The van der Waals surface area contributed by atoms with Crippen LogP contribution in [0.4, 0.5) is 8.78 Å². The number of halogens is 2. The highest BCUT2D eigenvalue weighted by Gasteiger charge is 2.39. The van der Waals surface area contributed by atoms with Crippen LogP contribution in [0.2, 0.25) is 0 Å². The summed E-state index contributed by atoms with van der Waals surface area (Å²) in [6.07, 6.45) is -1.43. The summed E-state index contributed by atoms with van der Waals surface area (Å²) in [5, 5.41) is 2.94. The Labute approximate surface area is 94.4 Å². The lowest BCUT2D eigenvalue weighted by atomic mass is 9.80. The van der Waals surface area contributed by atoms with Crippen molar-refractivity contribution in [2.24, 2.45) is 11.1 Å². The van der Waals surface area contributed by atoms with Crippen LogP contribution in [-0.2, 0) is 0 Å². The third-order valence-electron chi connectivity index (χ3n) is 2.71. The average Bonchev–Trinajstić information content (AvgIpc) is 2.13. The Morgan fingerprint density at radius 1 is 1.40 bits per heavy atom. The minimum atomic E-state index is -2.30. The molecule has 0 aromatic rings. The molecule has 1 saturated heterocycles. The zero-order valence-electron chi connectivity index (χ0n) is 9.35. The Morgan fingerprint density at radius 2 is 2.07 bits per heavy atom. The molecular weight excluding hydrogens is 218 g/mol. The maximum Gasteiger partial charge on any atom is 0.250 e. The largest absolute Gasteiger partial charge is 0.329 e. The van der Waals surface area contributed by atoms with Gasteiger partial charge in [0.05, 0.1) is 6.54 Å². The van der Waals surface area contributed by atoms with Crippen LogP contribution >= 0.6 is 11.8 Å². The monoisotopic (exact) mass is 238 g/mol. The molecule has 0 aromatic carbocycles. The lowest BCUT2D eigenvalue weighted by Gasteiger charge is -2.44. The number of thioether (sulfide) groups is 1. The van der Waals surface area contributed by atoms with E-state index in [-0.39, 0.29) is 17.5 Å². The van der Waals surface area contributed by atoms with E-state index < -0.39 is 6.43 Å². The highest BCUT2D eigenvalue weighted by Crippen LogP contribution is 2.38. The molecule has 15 heavy (non-hydrogen) atoms. The van der Waals surface area contributed by atoms with Gasteiger partial charge in [-0.15, -0.1) is 0 Å². The van der Waals surface area contributed by atoms with Gasteiger partial charge in [-0.05, 0) is 17.6 Å². The molecule has 0 radical (unpaired) electrons. The van der Waals surface area contributed by atoms with E-state index in [4.69, 9.17) is 5.73 Å². The van der Waals surface area contributed by atoms with Gasteiger partial charge in [0, 0.05) is 17.8 Å². The lowest BCUT2D eigenvalue weighted by molar-refractivity contribution is 0.121. The Balaban J connectivity index is 2.58. The van der Waals surface area contributed by atoms with Crippen molar-refractivity contribution in [3.05, 3.63) is 0 Å². The first-order chi connectivity index (χ1) is 6.89. The molecule has 5 heteroatoms. The molecule has 1 rings (SSSR count). The summed E-state index contributed by atoms with van der Waals surface area (Å²) in [6.45, 7) is 4.49. The topological polar surface area (TPSA) is 38.0 Å². The van der Waals surface area contributed by atoms with Crippen molar-refractivity contribution in [3.63, 3.8) is 0 Å². The quantitative estimate of drug-likeness (QED) is 0.783. The fraction of sp³-hybridized carbons (Fsp3) is 1.00. The van der Waals surface area contributed by atoms with E-state index in [1.807, 2.05) is 0 Å². The molecule has 90 valence electrons. The molecule has 0 spiro atoms. The van der Waals surface area contributed by atoms with Crippen LogP contribution in [0, 0.1) is 5.41 Å². The van der Waals surface area contributed by atoms with Gasteiger partial charge in [-0.2, -0.15) is 11.8 Å². The highest BCUT2D eigenvalue weighted by atomic mass is 32.2.